The number of hydrogen-bond acceptors (Lipinski definition) is 4. The predicted molar refractivity (Wildman–Crippen MR) is 116 cm³/mol. The van der Waals surface area contributed by atoms with Crippen molar-refractivity contribution in [2.45, 2.75) is 44.1 Å². The van der Waals surface area contributed by atoms with Crippen molar-refractivity contribution in [3.05, 3.63) is 34.9 Å². The second-order valence-corrected chi connectivity index (χ2v) is 9.39. The first kappa shape index (κ1) is 20.1. The maximum Gasteiger partial charge on any atom is 0.269 e. The summed E-state index contributed by atoms with van der Waals surface area (Å²) in [6.07, 6.45) is 6.11. The quantitative estimate of drug-likeness (QED) is 0.379. The lowest BCUT2D eigenvalue weighted by atomic mass is 9.54. The van der Waals surface area contributed by atoms with Crippen LogP contribution < -0.4 is 16.5 Å². The van der Waals surface area contributed by atoms with Gasteiger partial charge >= 0.3 is 0 Å². The Morgan fingerprint density at radius 1 is 1.17 bits per heavy atom. The number of benzene rings is 1. The van der Waals surface area contributed by atoms with Gasteiger partial charge in [-0.3, -0.25) is 10.2 Å². The lowest BCUT2D eigenvalue weighted by Gasteiger charge is -2.54. The van der Waals surface area contributed by atoms with E-state index in [1.165, 1.54) is 32.1 Å². The van der Waals surface area contributed by atoms with Gasteiger partial charge in [0.1, 0.15) is 11.6 Å². The van der Waals surface area contributed by atoms with E-state index in [4.69, 9.17) is 29.6 Å². The number of nitriles is 1. The Kier molecular flexibility index (Phi) is 5.75. The summed E-state index contributed by atoms with van der Waals surface area (Å²) in [6, 6.07) is 9.16. The molecule has 0 heterocycles. The number of carbonyl (C=O) groups is 1. The molecular formula is C21H24ClN5OS. The van der Waals surface area contributed by atoms with Crippen LogP contribution in [0.4, 0.5) is 0 Å². The minimum absolute atomic E-state index is 0.0577. The van der Waals surface area contributed by atoms with E-state index < -0.39 is 5.92 Å². The number of hydrogen-bond donors (Lipinski definition) is 3. The van der Waals surface area contributed by atoms with E-state index in [0.29, 0.717) is 22.4 Å². The molecule has 0 saturated heterocycles. The zero-order chi connectivity index (χ0) is 20.5. The van der Waals surface area contributed by atoms with Crippen molar-refractivity contribution in [1.29, 1.82) is 5.26 Å². The standard InChI is InChI=1S/C21H24ClN5OS/c22-16-3-1-13(2-4-16)17(10-23)19(26-27-21(24)29)20(28)25-18-14-6-11-5-12(8-14)9-15(18)7-11/h1-4,11-12,14-15,17-18H,5-9H2,(H,25,28)(H3,24,27,29)/b26-19-/t11?,12?,14?,15?,17-,18?/m0/s1. The highest BCUT2D eigenvalue weighted by atomic mass is 35.5. The van der Waals surface area contributed by atoms with Gasteiger partial charge in [-0.05, 0) is 85.7 Å². The fourth-order valence-electron chi connectivity index (χ4n) is 5.70. The molecule has 4 saturated carbocycles. The van der Waals surface area contributed by atoms with Crippen LogP contribution in [0.2, 0.25) is 5.02 Å². The molecule has 0 aromatic heterocycles. The minimum atomic E-state index is -0.856. The molecule has 4 N–H and O–H groups in total. The highest BCUT2D eigenvalue weighted by Crippen LogP contribution is 2.53. The molecule has 1 atom stereocenters. The SMILES string of the molecule is N#C[C@H](/C(=N/NC(N)=S)C(=O)NC1C2CC3CC(C2)CC1C3)c1ccc(Cl)cc1. The fourth-order valence-corrected chi connectivity index (χ4v) is 5.87. The van der Waals surface area contributed by atoms with Gasteiger partial charge in [0.25, 0.3) is 5.91 Å². The third kappa shape index (κ3) is 4.24. The van der Waals surface area contributed by atoms with E-state index in [2.05, 4.69) is 21.9 Å². The van der Waals surface area contributed by atoms with Crippen molar-refractivity contribution >= 4 is 40.6 Å². The highest BCUT2D eigenvalue weighted by Gasteiger charge is 2.49. The number of carbonyl (C=O) groups excluding carboxylic acids is 1. The number of hydrazone groups is 1. The van der Waals surface area contributed by atoms with Gasteiger partial charge in [0.15, 0.2) is 5.11 Å². The molecule has 1 aromatic carbocycles. The Morgan fingerprint density at radius 2 is 1.76 bits per heavy atom. The summed E-state index contributed by atoms with van der Waals surface area (Å²) >= 11 is 10.8. The van der Waals surface area contributed by atoms with Gasteiger partial charge in [0.2, 0.25) is 0 Å². The molecule has 5 rings (SSSR count). The summed E-state index contributed by atoms with van der Waals surface area (Å²) in [7, 11) is 0. The van der Waals surface area contributed by atoms with Gasteiger partial charge in [-0.15, -0.1) is 0 Å². The normalized spacial score (nSPS) is 31.0. The fraction of sp³-hybridized carbons (Fsp3) is 0.524. The number of thiocarbonyl (C=S) groups is 1. The Balaban J connectivity index is 1.57. The molecule has 4 bridgehead atoms. The summed E-state index contributed by atoms with van der Waals surface area (Å²) in [5, 5.41) is 17.6. The molecule has 8 heteroatoms. The molecule has 29 heavy (non-hydrogen) atoms. The third-order valence-electron chi connectivity index (χ3n) is 6.65. The van der Waals surface area contributed by atoms with Gasteiger partial charge in [-0.2, -0.15) is 10.4 Å². The maximum absolute atomic E-state index is 13.2. The van der Waals surface area contributed by atoms with Gasteiger partial charge < -0.3 is 11.1 Å². The molecule has 152 valence electrons. The van der Waals surface area contributed by atoms with Crippen molar-refractivity contribution in [3.8, 4) is 6.07 Å². The van der Waals surface area contributed by atoms with Crippen LogP contribution in [-0.2, 0) is 4.79 Å². The van der Waals surface area contributed by atoms with Crippen LogP contribution in [0.3, 0.4) is 0 Å². The third-order valence-corrected chi connectivity index (χ3v) is 6.99. The second kappa shape index (κ2) is 8.29. The molecule has 1 amide bonds. The lowest BCUT2D eigenvalue weighted by molar-refractivity contribution is -0.118. The number of nitrogens with zero attached hydrogens (tertiary/aromatic N) is 2. The first-order valence-electron chi connectivity index (χ1n) is 10.0. The zero-order valence-corrected chi connectivity index (χ0v) is 17.5. The van der Waals surface area contributed by atoms with Crippen molar-refractivity contribution in [2.24, 2.45) is 34.5 Å². The average Bonchev–Trinajstić information content (AvgIpc) is 2.68. The van der Waals surface area contributed by atoms with E-state index >= 15 is 0 Å². The average molecular weight is 430 g/mol. The first-order valence-corrected chi connectivity index (χ1v) is 10.8. The van der Waals surface area contributed by atoms with Crippen molar-refractivity contribution in [2.75, 3.05) is 0 Å². The molecule has 4 fully saturated rings. The number of amides is 1. The van der Waals surface area contributed by atoms with Gasteiger partial charge in [0, 0.05) is 11.1 Å². The number of nitrogens with one attached hydrogen (secondary N) is 2. The number of rotatable bonds is 5. The van der Waals surface area contributed by atoms with E-state index in [9.17, 15) is 10.1 Å². The van der Waals surface area contributed by atoms with Gasteiger partial charge in [-0.25, -0.2) is 0 Å². The topological polar surface area (TPSA) is 103 Å². The molecule has 6 nitrogen and oxygen atoms in total. The monoisotopic (exact) mass is 429 g/mol. The maximum atomic E-state index is 13.2. The minimum Gasteiger partial charge on any atom is -0.375 e. The smallest absolute Gasteiger partial charge is 0.269 e. The molecular weight excluding hydrogens is 406 g/mol. The molecule has 0 spiro atoms. The van der Waals surface area contributed by atoms with Gasteiger partial charge in [0.05, 0.1) is 6.07 Å². The zero-order valence-electron chi connectivity index (χ0n) is 16.0. The van der Waals surface area contributed by atoms with Crippen molar-refractivity contribution in [1.82, 2.24) is 10.7 Å². The summed E-state index contributed by atoms with van der Waals surface area (Å²) in [5.41, 5.74) is 8.69. The van der Waals surface area contributed by atoms with E-state index in [1.54, 1.807) is 24.3 Å². The van der Waals surface area contributed by atoms with Gasteiger partial charge in [-0.1, -0.05) is 23.7 Å². The second-order valence-electron chi connectivity index (χ2n) is 8.52. The highest BCUT2D eigenvalue weighted by molar-refractivity contribution is 7.80. The molecule has 0 unspecified atom stereocenters. The van der Waals surface area contributed by atoms with Crippen LogP contribution >= 0.6 is 23.8 Å². The number of halogens is 1. The molecule has 0 radical (unpaired) electrons. The molecule has 1 aromatic rings. The van der Waals surface area contributed by atoms with Crippen LogP contribution in [0.1, 0.15) is 43.6 Å². The Hall–Kier alpha value is -2.17. The van der Waals surface area contributed by atoms with Crippen LogP contribution in [0.15, 0.2) is 29.4 Å². The largest absolute Gasteiger partial charge is 0.375 e. The predicted octanol–water partition coefficient (Wildman–Crippen LogP) is 3.08. The van der Waals surface area contributed by atoms with Crippen LogP contribution in [0.5, 0.6) is 0 Å². The molecule has 4 aliphatic rings. The van der Waals surface area contributed by atoms with E-state index in [0.717, 1.165) is 11.8 Å². The Labute approximate surface area is 180 Å². The summed E-state index contributed by atoms with van der Waals surface area (Å²) in [6.45, 7) is 0. The van der Waals surface area contributed by atoms with E-state index in [1.807, 2.05) is 0 Å². The summed E-state index contributed by atoms with van der Waals surface area (Å²) in [5.74, 6) is 1.48. The number of nitrogens with two attached hydrogens (primary N) is 1. The summed E-state index contributed by atoms with van der Waals surface area (Å²) < 4.78 is 0. The Bertz CT molecular complexity index is 850. The van der Waals surface area contributed by atoms with Crippen LogP contribution in [-0.4, -0.2) is 22.8 Å². The van der Waals surface area contributed by atoms with Crippen LogP contribution in [0, 0.1) is 35.0 Å². The first-order chi connectivity index (χ1) is 13.9. The van der Waals surface area contributed by atoms with E-state index in [-0.39, 0.29) is 22.8 Å². The molecule has 4 aliphatic carbocycles. The summed E-state index contributed by atoms with van der Waals surface area (Å²) in [4.78, 5) is 13.2. The van der Waals surface area contributed by atoms with Crippen molar-refractivity contribution in [3.63, 3.8) is 0 Å². The van der Waals surface area contributed by atoms with Crippen LogP contribution in [0.25, 0.3) is 0 Å². The van der Waals surface area contributed by atoms with Crippen molar-refractivity contribution < 1.29 is 4.79 Å². The molecule has 0 aliphatic heterocycles. The lowest BCUT2D eigenvalue weighted by Crippen LogP contribution is -2.57. The Morgan fingerprint density at radius 3 is 2.28 bits per heavy atom.